The SMILES string of the molecule is CSc1ccc(/C=C2/C(C)=C(CCCN(O)C(N)=O)c3cc(F)ccc32)cc1. The van der Waals surface area contributed by atoms with Crippen LogP contribution in [0.4, 0.5) is 9.18 Å². The molecule has 0 saturated carbocycles. The highest BCUT2D eigenvalue weighted by atomic mass is 32.2. The van der Waals surface area contributed by atoms with Crippen LogP contribution in [0.25, 0.3) is 17.2 Å². The van der Waals surface area contributed by atoms with E-state index < -0.39 is 6.03 Å². The van der Waals surface area contributed by atoms with Crippen molar-refractivity contribution in [2.75, 3.05) is 12.8 Å². The van der Waals surface area contributed by atoms with Gasteiger partial charge in [-0.2, -0.15) is 0 Å². The maximum Gasteiger partial charge on any atom is 0.338 e. The van der Waals surface area contributed by atoms with Gasteiger partial charge in [-0.05, 0) is 89.8 Å². The van der Waals surface area contributed by atoms with E-state index in [9.17, 15) is 14.4 Å². The van der Waals surface area contributed by atoms with Crippen LogP contribution in [-0.2, 0) is 0 Å². The Morgan fingerprint density at radius 2 is 1.93 bits per heavy atom. The molecule has 1 aliphatic rings. The first-order valence-corrected chi connectivity index (χ1v) is 10.2. The van der Waals surface area contributed by atoms with E-state index in [1.807, 2.05) is 19.2 Å². The normalized spacial score (nSPS) is 14.5. The molecule has 0 radical (unpaired) electrons. The smallest absolute Gasteiger partial charge is 0.338 e. The van der Waals surface area contributed by atoms with E-state index in [1.165, 1.54) is 11.0 Å². The number of rotatable bonds is 6. The molecular weight excluding hydrogens is 375 g/mol. The summed E-state index contributed by atoms with van der Waals surface area (Å²) in [6.07, 6.45) is 5.29. The third-order valence-electron chi connectivity index (χ3n) is 4.93. The Bertz CT molecular complexity index is 952. The van der Waals surface area contributed by atoms with E-state index in [2.05, 4.69) is 30.3 Å². The van der Waals surface area contributed by atoms with Crippen LogP contribution < -0.4 is 5.73 Å². The monoisotopic (exact) mass is 398 g/mol. The lowest BCUT2D eigenvalue weighted by Crippen LogP contribution is -2.33. The third-order valence-corrected chi connectivity index (χ3v) is 5.68. The number of hydrogen-bond donors (Lipinski definition) is 2. The van der Waals surface area contributed by atoms with Gasteiger partial charge in [0.25, 0.3) is 0 Å². The summed E-state index contributed by atoms with van der Waals surface area (Å²) in [7, 11) is 0. The van der Waals surface area contributed by atoms with Gasteiger partial charge in [-0.3, -0.25) is 5.21 Å². The van der Waals surface area contributed by atoms with Crippen LogP contribution in [0.3, 0.4) is 0 Å². The first-order valence-electron chi connectivity index (χ1n) is 9.02. The molecule has 28 heavy (non-hydrogen) atoms. The van der Waals surface area contributed by atoms with Gasteiger partial charge in [0.05, 0.1) is 6.54 Å². The van der Waals surface area contributed by atoms with Crippen molar-refractivity contribution in [3.05, 3.63) is 70.5 Å². The first kappa shape index (κ1) is 20.2. The summed E-state index contributed by atoms with van der Waals surface area (Å²) < 4.78 is 13.9. The van der Waals surface area contributed by atoms with E-state index >= 15 is 0 Å². The number of allylic oxidation sites excluding steroid dienone is 3. The lowest BCUT2D eigenvalue weighted by Gasteiger charge is -2.12. The number of hydrogen-bond acceptors (Lipinski definition) is 3. The molecule has 0 aliphatic heterocycles. The molecule has 3 rings (SSSR count). The third kappa shape index (κ3) is 4.29. The van der Waals surface area contributed by atoms with Crippen molar-refractivity contribution in [2.45, 2.75) is 24.7 Å². The van der Waals surface area contributed by atoms with Gasteiger partial charge >= 0.3 is 6.03 Å². The Morgan fingerprint density at radius 1 is 1.21 bits per heavy atom. The fourth-order valence-electron chi connectivity index (χ4n) is 3.46. The van der Waals surface area contributed by atoms with E-state index in [0.717, 1.165) is 33.4 Å². The summed E-state index contributed by atoms with van der Waals surface area (Å²) in [6.45, 7) is 2.16. The van der Waals surface area contributed by atoms with Crippen LogP contribution in [0.15, 0.2) is 52.9 Å². The molecule has 1 aliphatic carbocycles. The molecule has 2 amide bonds. The predicted molar refractivity (Wildman–Crippen MR) is 112 cm³/mol. The molecule has 0 atom stereocenters. The largest absolute Gasteiger partial charge is 0.350 e. The summed E-state index contributed by atoms with van der Waals surface area (Å²) in [5, 5.41) is 9.97. The van der Waals surface area contributed by atoms with Crippen LogP contribution >= 0.6 is 11.8 Å². The summed E-state index contributed by atoms with van der Waals surface area (Å²) in [5.41, 5.74) is 11.2. The molecule has 0 aromatic heterocycles. The topological polar surface area (TPSA) is 66.6 Å². The second-order valence-electron chi connectivity index (χ2n) is 6.69. The number of urea groups is 1. The Kier molecular flexibility index (Phi) is 6.21. The molecule has 146 valence electrons. The van der Waals surface area contributed by atoms with Crippen molar-refractivity contribution in [1.29, 1.82) is 0 Å². The van der Waals surface area contributed by atoms with Crippen molar-refractivity contribution in [3.63, 3.8) is 0 Å². The average molecular weight is 399 g/mol. The van der Waals surface area contributed by atoms with Crippen molar-refractivity contribution < 1.29 is 14.4 Å². The van der Waals surface area contributed by atoms with Gasteiger partial charge in [-0.15, -0.1) is 11.8 Å². The van der Waals surface area contributed by atoms with Crippen molar-refractivity contribution >= 4 is 35.0 Å². The number of nitrogens with two attached hydrogens (primary N) is 1. The number of carbonyl (C=O) groups excluding carboxylic acids is 1. The summed E-state index contributed by atoms with van der Waals surface area (Å²) in [5.74, 6) is -0.282. The highest BCUT2D eigenvalue weighted by Crippen LogP contribution is 2.44. The molecule has 4 nitrogen and oxygen atoms in total. The second-order valence-corrected chi connectivity index (χ2v) is 7.57. The Balaban J connectivity index is 1.92. The van der Waals surface area contributed by atoms with Crippen LogP contribution in [0.2, 0.25) is 0 Å². The van der Waals surface area contributed by atoms with Crippen LogP contribution in [-0.4, -0.2) is 29.1 Å². The molecule has 2 aromatic rings. The van der Waals surface area contributed by atoms with Gasteiger partial charge < -0.3 is 5.73 Å². The number of halogens is 1. The molecule has 0 bridgehead atoms. The summed E-state index contributed by atoms with van der Waals surface area (Å²) in [4.78, 5) is 12.2. The summed E-state index contributed by atoms with van der Waals surface area (Å²) in [6, 6.07) is 12.3. The number of amides is 2. The number of carbonyl (C=O) groups is 1. The van der Waals surface area contributed by atoms with E-state index in [0.29, 0.717) is 17.9 Å². The van der Waals surface area contributed by atoms with Gasteiger partial charge in [0, 0.05) is 4.90 Å². The number of primary amides is 1. The van der Waals surface area contributed by atoms with Gasteiger partial charge in [-0.1, -0.05) is 18.2 Å². The number of thioether (sulfide) groups is 1. The number of benzene rings is 2. The minimum atomic E-state index is -0.877. The maximum absolute atomic E-state index is 13.9. The zero-order valence-corrected chi connectivity index (χ0v) is 16.7. The molecule has 3 N–H and O–H groups in total. The fraction of sp³-hybridized carbons (Fsp3) is 0.227. The quantitative estimate of drug-likeness (QED) is 0.388. The zero-order valence-electron chi connectivity index (χ0n) is 15.9. The lowest BCUT2D eigenvalue weighted by molar-refractivity contribution is -0.0396. The van der Waals surface area contributed by atoms with E-state index in [1.54, 1.807) is 17.8 Å². The Hall–Kier alpha value is -2.57. The highest BCUT2D eigenvalue weighted by molar-refractivity contribution is 7.98. The minimum Gasteiger partial charge on any atom is -0.350 e. The van der Waals surface area contributed by atoms with Gasteiger partial charge in [0.1, 0.15) is 5.82 Å². The summed E-state index contributed by atoms with van der Waals surface area (Å²) >= 11 is 1.70. The number of hydroxylamine groups is 2. The van der Waals surface area contributed by atoms with Crippen LogP contribution in [0, 0.1) is 5.82 Å². The van der Waals surface area contributed by atoms with E-state index in [4.69, 9.17) is 5.73 Å². The van der Waals surface area contributed by atoms with Crippen LogP contribution in [0.1, 0.15) is 36.5 Å². The number of nitrogens with zero attached hydrogens (tertiary/aromatic N) is 1. The Labute approximate surface area is 168 Å². The molecule has 0 heterocycles. The van der Waals surface area contributed by atoms with Crippen molar-refractivity contribution in [2.24, 2.45) is 5.73 Å². The average Bonchev–Trinajstić information content (AvgIpc) is 2.93. The highest BCUT2D eigenvalue weighted by Gasteiger charge is 2.24. The molecule has 0 fully saturated rings. The predicted octanol–water partition coefficient (Wildman–Crippen LogP) is 5.43. The molecule has 0 spiro atoms. The van der Waals surface area contributed by atoms with Crippen molar-refractivity contribution in [3.8, 4) is 0 Å². The second kappa shape index (κ2) is 8.63. The fourth-order valence-corrected chi connectivity index (χ4v) is 3.87. The van der Waals surface area contributed by atoms with Crippen molar-refractivity contribution in [1.82, 2.24) is 5.06 Å². The Morgan fingerprint density at radius 3 is 2.57 bits per heavy atom. The molecule has 2 aromatic carbocycles. The van der Waals surface area contributed by atoms with E-state index in [-0.39, 0.29) is 12.4 Å². The molecular formula is C22H23FN2O2S. The zero-order chi connectivity index (χ0) is 20.3. The molecule has 0 saturated heterocycles. The number of fused-ring (bicyclic) bond motifs is 1. The minimum absolute atomic E-state index is 0.131. The van der Waals surface area contributed by atoms with Gasteiger partial charge in [0.15, 0.2) is 0 Å². The van der Waals surface area contributed by atoms with Crippen LogP contribution in [0.5, 0.6) is 0 Å². The maximum atomic E-state index is 13.9. The lowest BCUT2D eigenvalue weighted by atomic mass is 10.0. The van der Waals surface area contributed by atoms with Gasteiger partial charge in [-0.25, -0.2) is 14.2 Å². The molecule has 6 heteroatoms. The van der Waals surface area contributed by atoms with Gasteiger partial charge in [0.2, 0.25) is 0 Å². The molecule has 0 unspecified atom stereocenters. The first-order chi connectivity index (χ1) is 13.4. The standard InChI is InChI=1S/C22H23FN2O2S/c1-14-18(4-3-11-25(27)22(24)26)21-13-16(23)7-10-19(21)20(14)12-15-5-8-17(28-2)9-6-15/h5-10,12-13,27H,3-4,11H2,1-2H3,(H2,24,26)/b20-12-.